The highest BCUT2D eigenvalue weighted by molar-refractivity contribution is 7.89. The van der Waals surface area contributed by atoms with Gasteiger partial charge in [0.25, 0.3) is 5.91 Å². The number of rotatable bonds is 7. The second-order valence-electron chi connectivity index (χ2n) is 6.05. The summed E-state index contributed by atoms with van der Waals surface area (Å²) in [6, 6.07) is 5.59. The highest BCUT2D eigenvalue weighted by atomic mass is 32.2. The van der Waals surface area contributed by atoms with Crippen LogP contribution in [0.15, 0.2) is 29.2 Å². The number of ether oxygens (including phenoxy) is 1. The summed E-state index contributed by atoms with van der Waals surface area (Å²) in [6.07, 6.45) is 0. The number of likely N-dealkylation sites (tertiary alicyclic amines) is 1. The summed E-state index contributed by atoms with van der Waals surface area (Å²) in [6.45, 7) is 2.74. The molecule has 0 saturated carbocycles. The van der Waals surface area contributed by atoms with E-state index >= 15 is 0 Å². The van der Waals surface area contributed by atoms with Crippen molar-refractivity contribution < 1.29 is 27.9 Å². The van der Waals surface area contributed by atoms with Crippen LogP contribution in [0.1, 0.15) is 17.3 Å². The van der Waals surface area contributed by atoms with E-state index < -0.39 is 21.9 Å². The third-order valence-corrected chi connectivity index (χ3v) is 5.70. The van der Waals surface area contributed by atoms with Crippen molar-refractivity contribution in [1.82, 2.24) is 9.62 Å². The predicted molar refractivity (Wildman–Crippen MR) is 89.7 cm³/mol. The quantitative estimate of drug-likeness (QED) is 0.672. The molecule has 0 spiro atoms. The first kappa shape index (κ1) is 19.4. The third-order valence-electron chi connectivity index (χ3n) is 4.23. The zero-order valence-electron chi connectivity index (χ0n) is 14.1. The average molecular weight is 370 g/mol. The Bertz CT molecular complexity index is 731. The summed E-state index contributed by atoms with van der Waals surface area (Å²) in [7, 11) is -2.18. The summed E-state index contributed by atoms with van der Waals surface area (Å²) in [5.41, 5.74) is 0.328. The monoisotopic (exact) mass is 370 g/mol. The Labute approximate surface area is 146 Å². The molecule has 8 nitrogen and oxygen atoms in total. The molecule has 0 aliphatic carbocycles. The van der Waals surface area contributed by atoms with Gasteiger partial charge in [0, 0.05) is 32.3 Å². The van der Waals surface area contributed by atoms with Crippen molar-refractivity contribution >= 4 is 21.9 Å². The molecule has 1 aliphatic rings. The Morgan fingerprint density at radius 3 is 2.44 bits per heavy atom. The number of aliphatic carboxylic acids is 1. The maximum absolute atomic E-state index is 12.5. The standard InChI is InChI=1S/C16H22N2O6S/c1-11-9-18(10-14(11)16(20)21)15(19)12-3-5-13(6-4-12)25(22,23)17-7-8-24-2/h3-6,11,14,17H,7-10H2,1-2H3,(H,20,21)/t11-,14-/m1/s1. The molecule has 25 heavy (non-hydrogen) atoms. The van der Waals surface area contributed by atoms with Crippen molar-refractivity contribution in [3.63, 3.8) is 0 Å². The zero-order chi connectivity index (χ0) is 18.6. The smallest absolute Gasteiger partial charge is 0.308 e. The van der Waals surface area contributed by atoms with E-state index in [2.05, 4.69) is 4.72 Å². The lowest BCUT2D eigenvalue weighted by atomic mass is 9.99. The maximum atomic E-state index is 12.5. The van der Waals surface area contributed by atoms with Gasteiger partial charge in [0.05, 0.1) is 17.4 Å². The van der Waals surface area contributed by atoms with E-state index in [4.69, 9.17) is 9.84 Å². The first-order valence-electron chi connectivity index (χ1n) is 7.87. The van der Waals surface area contributed by atoms with E-state index in [1.165, 1.54) is 36.3 Å². The molecule has 1 heterocycles. The Morgan fingerprint density at radius 1 is 1.28 bits per heavy atom. The van der Waals surface area contributed by atoms with Crippen molar-refractivity contribution in [1.29, 1.82) is 0 Å². The number of nitrogens with zero attached hydrogens (tertiary/aromatic N) is 1. The molecule has 0 unspecified atom stereocenters. The highest BCUT2D eigenvalue weighted by Gasteiger charge is 2.37. The second-order valence-corrected chi connectivity index (χ2v) is 7.81. The fourth-order valence-electron chi connectivity index (χ4n) is 2.77. The molecule has 2 N–H and O–H groups in total. The predicted octanol–water partition coefficient (Wildman–Crippen LogP) is 0.404. The Hall–Kier alpha value is -1.97. The lowest BCUT2D eigenvalue weighted by molar-refractivity contribution is -0.142. The minimum absolute atomic E-state index is 0.0540. The lowest BCUT2D eigenvalue weighted by Crippen LogP contribution is -2.30. The van der Waals surface area contributed by atoms with Gasteiger partial charge in [-0.15, -0.1) is 0 Å². The molecule has 2 atom stereocenters. The largest absolute Gasteiger partial charge is 0.481 e. The molecular weight excluding hydrogens is 348 g/mol. The third kappa shape index (κ3) is 4.56. The summed E-state index contributed by atoms with van der Waals surface area (Å²) in [4.78, 5) is 25.2. The van der Waals surface area contributed by atoms with Crippen LogP contribution in [0.3, 0.4) is 0 Å². The number of benzene rings is 1. The topological polar surface area (TPSA) is 113 Å². The molecule has 138 valence electrons. The van der Waals surface area contributed by atoms with Crippen LogP contribution in [0.5, 0.6) is 0 Å². The minimum atomic E-state index is -3.66. The van der Waals surface area contributed by atoms with Crippen LogP contribution in [0.25, 0.3) is 0 Å². The molecule has 1 aliphatic heterocycles. The van der Waals surface area contributed by atoms with Crippen LogP contribution in [0.2, 0.25) is 0 Å². The maximum Gasteiger partial charge on any atom is 0.308 e. The van der Waals surface area contributed by atoms with E-state index in [0.29, 0.717) is 12.1 Å². The van der Waals surface area contributed by atoms with E-state index in [0.717, 1.165) is 0 Å². The Kier molecular flexibility index (Phi) is 6.15. The normalized spacial score (nSPS) is 20.6. The number of amides is 1. The van der Waals surface area contributed by atoms with Crippen LogP contribution in [0.4, 0.5) is 0 Å². The van der Waals surface area contributed by atoms with Crippen molar-refractivity contribution in [3.8, 4) is 0 Å². The SMILES string of the molecule is COCCNS(=O)(=O)c1ccc(C(=O)N2C[C@@H](C)[C@H](C(=O)O)C2)cc1. The average Bonchev–Trinajstić information content (AvgIpc) is 2.96. The van der Waals surface area contributed by atoms with Crippen molar-refractivity contribution in [2.24, 2.45) is 11.8 Å². The fraction of sp³-hybridized carbons (Fsp3) is 0.500. The summed E-state index contributed by atoms with van der Waals surface area (Å²) in [5.74, 6) is -1.90. The van der Waals surface area contributed by atoms with Gasteiger partial charge in [-0.1, -0.05) is 6.92 Å². The second kappa shape index (κ2) is 7.94. The number of methoxy groups -OCH3 is 1. The van der Waals surface area contributed by atoms with Gasteiger partial charge in [-0.3, -0.25) is 9.59 Å². The summed E-state index contributed by atoms with van der Waals surface area (Å²) >= 11 is 0. The molecular formula is C16H22N2O6S. The molecule has 0 bridgehead atoms. The first-order valence-corrected chi connectivity index (χ1v) is 9.35. The summed E-state index contributed by atoms with van der Waals surface area (Å²) < 4.78 is 31.3. The van der Waals surface area contributed by atoms with Crippen LogP contribution in [-0.2, 0) is 19.6 Å². The van der Waals surface area contributed by atoms with Gasteiger partial charge < -0.3 is 14.7 Å². The van der Waals surface area contributed by atoms with Crippen LogP contribution >= 0.6 is 0 Å². The van der Waals surface area contributed by atoms with Crippen LogP contribution < -0.4 is 4.72 Å². The van der Waals surface area contributed by atoms with Gasteiger partial charge in [-0.25, -0.2) is 13.1 Å². The van der Waals surface area contributed by atoms with E-state index in [1.54, 1.807) is 6.92 Å². The van der Waals surface area contributed by atoms with Crippen molar-refractivity contribution in [2.45, 2.75) is 11.8 Å². The van der Waals surface area contributed by atoms with Gasteiger partial charge in [0.1, 0.15) is 0 Å². The molecule has 1 saturated heterocycles. The Balaban J connectivity index is 2.07. The van der Waals surface area contributed by atoms with Crippen LogP contribution in [-0.4, -0.2) is 63.7 Å². The molecule has 1 fully saturated rings. The summed E-state index contributed by atoms with van der Waals surface area (Å²) in [5, 5.41) is 9.15. The van der Waals surface area contributed by atoms with Gasteiger partial charge in [-0.05, 0) is 30.2 Å². The molecule has 9 heteroatoms. The van der Waals surface area contributed by atoms with E-state index in [9.17, 15) is 18.0 Å². The van der Waals surface area contributed by atoms with Crippen molar-refractivity contribution in [2.75, 3.05) is 33.4 Å². The van der Waals surface area contributed by atoms with Crippen LogP contribution in [0, 0.1) is 11.8 Å². The van der Waals surface area contributed by atoms with Gasteiger partial charge in [-0.2, -0.15) is 0 Å². The number of carbonyl (C=O) groups is 2. The number of hydrogen-bond acceptors (Lipinski definition) is 5. The number of sulfonamides is 1. The molecule has 1 aromatic rings. The highest BCUT2D eigenvalue weighted by Crippen LogP contribution is 2.25. The van der Waals surface area contributed by atoms with Gasteiger partial charge in [0.15, 0.2) is 0 Å². The van der Waals surface area contributed by atoms with Crippen molar-refractivity contribution in [3.05, 3.63) is 29.8 Å². The fourth-order valence-corrected chi connectivity index (χ4v) is 3.79. The van der Waals surface area contributed by atoms with Gasteiger partial charge >= 0.3 is 5.97 Å². The Morgan fingerprint density at radius 2 is 1.92 bits per heavy atom. The number of carboxylic acids is 1. The molecule has 2 rings (SSSR count). The number of carboxylic acid groups (broad SMARTS) is 1. The zero-order valence-corrected chi connectivity index (χ0v) is 15.0. The number of nitrogens with one attached hydrogen (secondary N) is 1. The van der Waals surface area contributed by atoms with E-state index in [-0.39, 0.29) is 36.4 Å². The first-order chi connectivity index (χ1) is 11.8. The van der Waals surface area contributed by atoms with E-state index in [1.807, 2.05) is 0 Å². The number of carbonyl (C=O) groups excluding carboxylic acids is 1. The van der Waals surface area contributed by atoms with Gasteiger partial charge in [0.2, 0.25) is 10.0 Å². The number of hydrogen-bond donors (Lipinski definition) is 2. The molecule has 1 aromatic carbocycles. The minimum Gasteiger partial charge on any atom is -0.481 e. The lowest BCUT2D eigenvalue weighted by Gasteiger charge is -2.16. The molecule has 0 aromatic heterocycles. The molecule has 1 amide bonds. The molecule has 0 radical (unpaired) electrons.